The predicted octanol–water partition coefficient (Wildman–Crippen LogP) is 0.753. The molecule has 4 nitrogen and oxygen atoms in total. The Morgan fingerprint density at radius 3 is 2.62 bits per heavy atom. The third-order valence-corrected chi connectivity index (χ3v) is 2.17. The first kappa shape index (κ1) is 12.5. The van der Waals surface area contributed by atoms with Crippen molar-refractivity contribution in [2.45, 2.75) is 12.6 Å². The Balaban J connectivity index is 2.49. The van der Waals surface area contributed by atoms with Gasteiger partial charge in [0, 0.05) is 6.54 Å². The fourth-order valence-electron chi connectivity index (χ4n) is 1.33. The van der Waals surface area contributed by atoms with E-state index in [-0.39, 0.29) is 13.2 Å². The van der Waals surface area contributed by atoms with Crippen molar-refractivity contribution in [1.82, 2.24) is 9.80 Å². The minimum atomic E-state index is -4.30. The van der Waals surface area contributed by atoms with Crippen LogP contribution in [0.2, 0.25) is 0 Å². The number of alkyl halides is 3. The number of amides is 2. The number of rotatable bonds is 3. The van der Waals surface area contributed by atoms with Gasteiger partial charge in [0.25, 0.3) is 0 Å². The molecule has 1 heterocycles. The smallest absolute Gasteiger partial charge is 0.323 e. The van der Waals surface area contributed by atoms with Gasteiger partial charge in [-0.15, -0.1) is 0 Å². The molecular weight excluding hydrogens is 225 g/mol. The van der Waals surface area contributed by atoms with Gasteiger partial charge < -0.3 is 9.80 Å². The summed E-state index contributed by atoms with van der Waals surface area (Å²) in [5.41, 5.74) is 0. The van der Waals surface area contributed by atoms with Gasteiger partial charge in [-0.3, -0.25) is 9.59 Å². The van der Waals surface area contributed by atoms with Crippen LogP contribution < -0.4 is 0 Å². The minimum Gasteiger partial charge on any atom is -0.323 e. The molecule has 16 heavy (non-hydrogen) atoms. The number of hydrogen-bond donors (Lipinski definition) is 0. The lowest BCUT2D eigenvalue weighted by Crippen LogP contribution is -2.32. The molecule has 0 radical (unpaired) electrons. The van der Waals surface area contributed by atoms with Crippen LogP contribution in [0, 0.1) is 0 Å². The Bertz CT molecular complexity index is 314. The second-order valence-corrected chi connectivity index (χ2v) is 3.40. The minimum absolute atomic E-state index is 0.0975. The number of carbonyl (C=O) groups excluding carboxylic acids is 2. The van der Waals surface area contributed by atoms with E-state index in [0.29, 0.717) is 0 Å². The molecular formula is C9H11F3N2O2. The summed E-state index contributed by atoms with van der Waals surface area (Å²) < 4.78 is 35.8. The topological polar surface area (TPSA) is 40.6 Å². The SMILES string of the molecule is C=CC(=O)N1CC(=O)N(CCC(F)(F)F)C1. The molecule has 7 heteroatoms. The van der Waals surface area contributed by atoms with Crippen molar-refractivity contribution in [1.29, 1.82) is 0 Å². The molecule has 0 N–H and O–H groups in total. The van der Waals surface area contributed by atoms with Crippen LogP contribution >= 0.6 is 0 Å². The molecule has 2 amide bonds. The Labute approximate surface area is 90.3 Å². The Morgan fingerprint density at radius 1 is 1.50 bits per heavy atom. The van der Waals surface area contributed by atoms with Crippen molar-refractivity contribution >= 4 is 11.8 Å². The maximum absolute atomic E-state index is 11.9. The highest BCUT2D eigenvalue weighted by Gasteiger charge is 2.33. The maximum atomic E-state index is 11.9. The molecule has 0 aromatic carbocycles. The highest BCUT2D eigenvalue weighted by atomic mass is 19.4. The van der Waals surface area contributed by atoms with Gasteiger partial charge >= 0.3 is 6.18 Å². The van der Waals surface area contributed by atoms with Crippen molar-refractivity contribution in [3.63, 3.8) is 0 Å². The lowest BCUT2D eigenvalue weighted by Gasteiger charge is -2.17. The Kier molecular flexibility index (Phi) is 3.56. The summed E-state index contributed by atoms with van der Waals surface area (Å²) in [5, 5.41) is 0. The zero-order valence-corrected chi connectivity index (χ0v) is 8.46. The summed E-state index contributed by atoms with van der Waals surface area (Å²) in [6, 6.07) is 0. The van der Waals surface area contributed by atoms with E-state index in [4.69, 9.17) is 0 Å². The van der Waals surface area contributed by atoms with Gasteiger partial charge in [0.05, 0.1) is 13.1 Å². The standard InChI is InChI=1S/C9H11F3N2O2/c1-2-7(15)14-5-8(16)13(6-14)4-3-9(10,11)12/h2H,1,3-6H2. The summed E-state index contributed by atoms with van der Waals surface area (Å²) in [7, 11) is 0. The molecule has 1 saturated heterocycles. The number of hydrogen-bond acceptors (Lipinski definition) is 2. The normalized spacial score (nSPS) is 16.8. The van der Waals surface area contributed by atoms with E-state index in [0.717, 1.165) is 15.9 Å². The summed E-state index contributed by atoms with van der Waals surface area (Å²) in [6.45, 7) is 2.55. The van der Waals surface area contributed by atoms with Gasteiger partial charge in [-0.05, 0) is 6.08 Å². The molecule has 0 saturated carbocycles. The molecule has 0 unspecified atom stereocenters. The Morgan fingerprint density at radius 2 is 2.12 bits per heavy atom. The average molecular weight is 236 g/mol. The summed E-state index contributed by atoms with van der Waals surface area (Å²) >= 11 is 0. The van der Waals surface area contributed by atoms with Crippen LogP contribution in [0.1, 0.15) is 6.42 Å². The van der Waals surface area contributed by atoms with Crippen LogP contribution in [0.25, 0.3) is 0 Å². The van der Waals surface area contributed by atoms with Crippen LogP contribution in [0.4, 0.5) is 13.2 Å². The fraction of sp³-hybridized carbons (Fsp3) is 0.556. The molecule has 0 aliphatic carbocycles. The van der Waals surface area contributed by atoms with E-state index in [2.05, 4.69) is 6.58 Å². The zero-order valence-electron chi connectivity index (χ0n) is 8.46. The van der Waals surface area contributed by atoms with Crippen LogP contribution in [-0.4, -0.2) is 47.5 Å². The molecule has 1 aliphatic rings. The second-order valence-electron chi connectivity index (χ2n) is 3.40. The van der Waals surface area contributed by atoms with E-state index in [1.54, 1.807) is 0 Å². The highest BCUT2D eigenvalue weighted by Crippen LogP contribution is 2.20. The lowest BCUT2D eigenvalue weighted by molar-refractivity contribution is -0.142. The van der Waals surface area contributed by atoms with E-state index in [9.17, 15) is 22.8 Å². The van der Waals surface area contributed by atoms with Gasteiger partial charge in [-0.2, -0.15) is 13.2 Å². The third kappa shape index (κ3) is 3.25. The van der Waals surface area contributed by atoms with Crippen molar-refractivity contribution in [3.8, 4) is 0 Å². The number of halogens is 3. The molecule has 90 valence electrons. The first-order valence-electron chi connectivity index (χ1n) is 4.59. The third-order valence-electron chi connectivity index (χ3n) is 2.17. The first-order valence-corrected chi connectivity index (χ1v) is 4.59. The molecule has 1 fully saturated rings. The van der Waals surface area contributed by atoms with Crippen LogP contribution in [0.3, 0.4) is 0 Å². The quantitative estimate of drug-likeness (QED) is 0.678. The average Bonchev–Trinajstić information content (AvgIpc) is 2.54. The van der Waals surface area contributed by atoms with Gasteiger partial charge in [-0.1, -0.05) is 6.58 Å². The van der Waals surface area contributed by atoms with Crippen molar-refractivity contribution < 1.29 is 22.8 Å². The second kappa shape index (κ2) is 4.54. The van der Waals surface area contributed by atoms with Gasteiger partial charge in [0.1, 0.15) is 6.54 Å². The predicted molar refractivity (Wildman–Crippen MR) is 49.2 cm³/mol. The molecule has 0 atom stereocenters. The molecule has 0 bridgehead atoms. The highest BCUT2D eigenvalue weighted by molar-refractivity contribution is 5.93. The van der Waals surface area contributed by atoms with Gasteiger partial charge in [-0.25, -0.2) is 0 Å². The molecule has 1 rings (SSSR count). The fourth-order valence-corrected chi connectivity index (χ4v) is 1.33. The van der Waals surface area contributed by atoms with Gasteiger partial charge in [0.2, 0.25) is 11.8 Å². The molecule has 0 spiro atoms. The van der Waals surface area contributed by atoms with E-state index in [1.807, 2.05) is 0 Å². The van der Waals surface area contributed by atoms with E-state index < -0.39 is 31.0 Å². The monoisotopic (exact) mass is 236 g/mol. The van der Waals surface area contributed by atoms with Gasteiger partial charge in [0.15, 0.2) is 0 Å². The molecule has 0 aromatic rings. The first-order chi connectivity index (χ1) is 7.33. The van der Waals surface area contributed by atoms with Crippen molar-refractivity contribution in [2.75, 3.05) is 19.8 Å². The van der Waals surface area contributed by atoms with E-state index in [1.165, 1.54) is 0 Å². The Hall–Kier alpha value is -1.53. The largest absolute Gasteiger partial charge is 0.390 e. The van der Waals surface area contributed by atoms with Crippen LogP contribution in [-0.2, 0) is 9.59 Å². The van der Waals surface area contributed by atoms with E-state index >= 15 is 0 Å². The lowest BCUT2D eigenvalue weighted by atomic mass is 10.4. The van der Waals surface area contributed by atoms with Crippen LogP contribution in [0.15, 0.2) is 12.7 Å². The summed E-state index contributed by atoms with van der Waals surface area (Å²) in [4.78, 5) is 24.5. The van der Waals surface area contributed by atoms with Crippen molar-refractivity contribution in [2.24, 2.45) is 0 Å². The molecule has 1 aliphatic heterocycles. The summed E-state index contributed by atoms with van der Waals surface area (Å²) in [6.07, 6.45) is -4.33. The summed E-state index contributed by atoms with van der Waals surface area (Å²) in [5.74, 6) is -0.928. The molecule has 0 aromatic heterocycles. The maximum Gasteiger partial charge on any atom is 0.390 e. The number of carbonyl (C=O) groups is 2. The zero-order chi connectivity index (χ0) is 12.3. The van der Waals surface area contributed by atoms with Crippen molar-refractivity contribution in [3.05, 3.63) is 12.7 Å². The van der Waals surface area contributed by atoms with Crippen LogP contribution in [0.5, 0.6) is 0 Å². The number of nitrogens with zero attached hydrogens (tertiary/aromatic N) is 2.